The molecule has 0 saturated heterocycles. The van der Waals surface area contributed by atoms with Crippen molar-refractivity contribution < 1.29 is 31.5 Å². The Morgan fingerprint density at radius 3 is 2.62 bits per heavy atom. The summed E-state index contributed by atoms with van der Waals surface area (Å²) < 4.78 is 69.1. The Morgan fingerprint density at radius 2 is 1.97 bits per heavy atom. The number of oxime groups is 1. The number of nitrogens with one attached hydrogen (secondary N) is 1. The number of anilines is 1. The Hall–Kier alpha value is -2.94. The van der Waals surface area contributed by atoms with Gasteiger partial charge in [-0.05, 0) is 24.3 Å². The molecule has 10 nitrogen and oxygen atoms in total. The number of sulfonamides is 1. The molecule has 0 spiro atoms. The summed E-state index contributed by atoms with van der Waals surface area (Å²) >= 11 is 11.6. The molecule has 2 N–H and O–H groups in total. The van der Waals surface area contributed by atoms with Crippen LogP contribution in [-0.2, 0) is 27.6 Å². The second kappa shape index (κ2) is 9.02. The first kappa shape index (κ1) is 24.2. The first-order chi connectivity index (χ1) is 16.0. The van der Waals surface area contributed by atoms with Crippen LogP contribution < -0.4 is 4.72 Å². The average molecular weight is 537 g/mol. The molecular formula is C18H13Cl2F3N6O4S. The van der Waals surface area contributed by atoms with Crippen molar-refractivity contribution in [3.05, 3.63) is 51.9 Å². The zero-order chi connectivity index (χ0) is 24.7. The first-order valence-corrected chi connectivity index (χ1v) is 11.5. The highest BCUT2D eigenvalue weighted by Gasteiger charge is 2.35. The number of nitrogens with zero attached hydrogens (tertiary/aromatic N) is 5. The van der Waals surface area contributed by atoms with Gasteiger partial charge in [-0.3, -0.25) is 9.29 Å². The van der Waals surface area contributed by atoms with Crippen molar-refractivity contribution in [3.8, 4) is 11.5 Å². The van der Waals surface area contributed by atoms with Gasteiger partial charge in [0, 0.05) is 12.6 Å². The Labute approximate surface area is 200 Å². The topological polar surface area (TPSA) is 132 Å². The zero-order valence-corrected chi connectivity index (χ0v) is 19.0. The van der Waals surface area contributed by atoms with Gasteiger partial charge in [-0.1, -0.05) is 28.4 Å². The van der Waals surface area contributed by atoms with Gasteiger partial charge in [-0.15, -0.1) is 10.2 Å². The maximum atomic E-state index is 13.2. The van der Waals surface area contributed by atoms with Crippen LogP contribution in [0, 0.1) is 0 Å². The molecule has 0 amide bonds. The van der Waals surface area contributed by atoms with Crippen molar-refractivity contribution in [3.63, 3.8) is 0 Å². The summed E-state index contributed by atoms with van der Waals surface area (Å²) in [5.41, 5.74) is -1.58. The molecule has 1 aromatic carbocycles. The molecule has 0 bridgehead atoms. The fourth-order valence-corrected chi connectivity index (χ4v) is 4.55. The molecule has 0 saturated carbocycles. The van der Waals surface area contributed by atoms with Crippen LogP contribution in [0.1, 0.15) is 17.8 Å². The number of aromatic nitrogens is 4. The van der Waals surface area contributed by atoms with Crippen LogP contribution in [0.25, 0.3) is 11.5 Å². The van der Waals surface area contributed by atoms with Crippen molar-refractivity contribution in [1.29, 1.82) is 0 Å². The van der Waals surface area contributed by atoms with Gasteiger partial charge < -0.3 is 9.94 Å². The highest BCUT2D eigenvalue weighted by atomic mass is 35.5. The minimum atomic E-state index is -4.87. The molecule has 16 heteroatoms. The number of hydrogen-bond acceptors (Lipinski definition) is 8. The first-order valence-electron chi connectivity index (χ1n) is 9.31. The fraction of sp³-hybridized carbons (Fsp3) is 0.222. The largest absolute Gasteiger partial charge is 0.417 e. The number of aliphatic hydroxyl groups is 1. The van der Waals surface area contributed by atoms with Crippen molar-refractivity contribution in [1.82, 2.24) is 19.7 Å². The van der Waals surface area contributed by atoms with E-state index in [-0.39, 0.29) is 34.7 Å². The molecule has 0 radical (unpaired) electrons. The van der Waals surface area contributed by atoms with Crippen LogP contribution in [0.15, 0.2) is 40.5 Å². The third kappa shape index (κ3) is 4.66. The Morgan fingerprint density at radius 1 is 1.21 bits per heavy atom. The summed E-state index contributed by atoms with van der Waals surface area (Å²) in [5, 5.41) is 20.7. The lowest BCUT2D eigenvalue weighted by atomic mass is 10.2. The molecule has 3 heterocycles. The van der Waals surface area contributed by atoms with Crippen LogP contribution >= 0.6 is 23.2 Å². The summed E-state index contributed by atoms with van der Waals surface area (Å²) in [7, 11) is -4.56. The predicted molar refractivity (Wildman–Crippen MR) is 115 cm³/mol. The number of rotatable bonds is 5. The normalized spacial score (nSPS) is 14.1. The second-order valence-corrected chi connectivity index (χ2v) is 9.34. The summed E-state index contributed by atoms with van der Waals surface area (Å²) in [4.78, 5) is 8.40. The highest BCUT2D eigenvalue weighted by Crippen LogP contribution is 2.37. The fourth-order valence-electron chi connectivity index (χ4n) is 3.09. The SMILES string of the molecule is O=S(=O)(Nc1cc(Cl)cnc1-c1nnc(CO)n1C1=NOCC1)c1ccc(Cl)c(C(F)(F)F)c1. The zero-order valence-electron chi connectivity index (χ0n) is 16.7. The minimum absolute atomic E-state index is 0.00486. The monoisotopic (exact) mass is 536 g/mol. The predicted octanol–water partition coefficient (Wildman–Crippen LogP) is 3.54. The maximum absolute atomic E-state index is 13.2. The Balaban J connectivity index is 1.81. The number of benzene rings is 1. The summed E-state index contributed by atoms with van der Waals surface area (Å²) in [6.45, 7) is -0.255. The summed E-state index contributed by atoms with van der Waals surface area (Å²) in [6, 6.07) is 3.37. The Kier molecular flexibility index (Phi) is 6.42. The molecule has 1 aliphatic heterocycles. The molecule has 3 aromatic rings. The molecule has 1 aliphatic rings. The van der Waals surface area contributed by atoms with Crippen molar-refractivity contribution in [2.75, 3.05) is 11.3 Å². The van der Waals surface area contributed by atoms with E-state index in [1.807, 2.05) is 0 Å². The smallest absolute Gasteiger partial charge is 0.394 e. The molecule has 34 heavy (non-hydrogen) atoms. The van der Waals surface area contributed by atoms with E-state index in [1.165, 1.54) is 16.8 Å². The van der Waals surface area contributed by atoms with Crippen LogP contribution in [0.4, 0.5) is 18.9 Å². The van der Waals surface area contributed by atoms with E-state index in [2.05, 4.69) is 25.1 Å². The third-order valence-corrected chi connectivity index (χ3v) is 6.48. The molecule has 0 fully saturated rings. The third-order valence-electron chi connectivity index (χ3n) is 4.58. The van der Waals surface area contributed by atoms with Crippen molar-refractivity contribution in [2.45, 2.75) is 24.1 Å². The van der Waals surface area contributed by atoms with Crippen molar-refractivity contribution in [2.24, 2.45) is 5.16 Å². The lowest BCUT2D eigenvalue weighted by Gasteiger charge is -2.15. The van der Waals surface area contributed by atoms with E-state index in [4.69, 9.17) is 28.0 Å². The molecule has 0 atom stereocenters. The lowest BCUT2D eigenvalue weighted by molar-refractivity contribution is -0.137. The molecule has 0 unspecified atom stereocenters. The van der Waals surface area contributed by atoms with E-state index >= 15 is 0 Å². The van der Waals surface area contributed by atoms with E-state index in [0.717, 1.165) is 12.1 Å². The second-order valence-electron chi connectivity index (χ2n) is 6.82. The number of alkyl halides is 3. The number of pyridine rings is 1. The average Bonchev–Trinajstić information content (AvgIpc) is 3.42. The molecule has 180 valence electrons. The van der Waals surface area contributed by atoms with Gasteiger partial charge in [0.25, 0.3) is 10.0 Å². The van der Waals surface area contributed by atoms with Gasteiger partial charge >= 0.3 is 6.18 Å². The number of hydrogen-bond donors (Lipinski definition) is 2. The van der Waals surface area contributed by atoms with Crippen LogP contribution in [-0.4, -0.2) is 45.7 Å². The molecule has 0 aliphatic carbocycles. The highest BCUT2D eigenvalue weighted by molar-refractivity contribution is 7.92. The molecular weight excluding hydrogens is 524 g/mol. The van der Waals surface area contributed by atoms with E-state index in [0.29, 0.717) is 18.3 Å². The molecule has 2 aromatic heterocycles. The van der Waals surface area contributed by atoms with E-state index in [1.54, 1.807) is 0 Å². The number of aliphatic hydroxyl groups excluding tert-OH is 1. The maximum Gasteiger partial charge on any atom is 0.417 e. The van der Waals surface area contributed by atoms with Gasteiger partial charge in [-0.2, -0.15) is 13.2 Å². The van der Waals surface area contributed by atoms with Crippen LogP contribution in [0.2, 0.25) is 10.0 Å². The van der Waals surface area contributed by atoms with Gasteiger partial charge in [0.05, 0.1) is 26.2 Å². The minimum Gasteiger partial charge on any atom is -0.394 e. The van der Waals surface area contributed by atoms with Gasteiger partial charge in [0.15, 0.2) is 17.5 Å². The summed E-state index contributed by atoms with van der Waals surface area (Å²) in [5.74, 6) is 0.411. The molecule has 4 rings (SSSR count). The van der Waals surface area contributed by atoms with Crippen LogP contribution in [0.3, 0.4) is 0 Å². The van der Waals surface area contributed by atoms with Crippen molar-refractivity contribution >= 4 is 44.7 Å². The van der Waals surface area contributed by atoms with Gasteiger partial charge in [0.1, 0.15) is 18.9 Å². The van der Waals surface area contributed by atoms with E-state index < -0.39 is 38.3 Å². The quantitative estimate of drug-likeness (QED) is 0.509. The number of halogens is 5. The van der Waals surface area contributed by atoms with Gasteiger partial charge in [0.2, 0.25) is 0 Å². The Bertz CT molecular complexity index is 1390. The lowest BCUT2D eigenvalue weighted by Crippen LogP contribution is -2.18. The standard InChI is InChI=1S/C18H13Cl2F3N6O4S/c19-9-5-13(28-34(31,32)10-1-2-12(20)11(6-10)18(21,22)23)16(24-7-9)17-26-25-15(8-30)29(17)14-3-4-33-27-14/h1-2,5-7,28,30H,3-4,8H2. The van der Waals surface area contributed by atoms with E-state index in [9.17, 15) is 26.7 Å². The van der Waals surface area contributed by atoms with Crippen LogP contribution in [0.5, 0.6) is 0 Å². The van der Waals surface area contributed by atoms with Gasteiger partial charge in [-0.25, -0.2) is 13.4 Å². The summed E-state index contributed by atoms with van der Waals surface area (Å²) in [6.07, 6.45) is -3.31.